The molecule has 0 aliphatic heterocycles. The summed E-state index contributed by atoms with van der Waals surface area (Å²) in [7, 11) is 0. The Kier molecular flexibility index (Phi) is 49.3. The molecule has 0 saturated carbocycles. The molecule has 0 amide bonds. The van der Waals surface area contributed by atoms with Gasteiger partial charge in [-0.15, -0.1) is 27.8 Å². The van der Waals surface area contributed by atoms with E-state index in [0.717, 1.165) is 49.1 Å². The van der Waals surface area contributed by atoms with Gasteiger partial charge in [-0.2, -0.15) is 15.3 Å². The van der Waals surface area contributed by atoms with Crippen molar-refractivity contribution in [1.29, 1.82) is 0 Å². The van der Waals surface area contributed by atoms with Crippen LogP contribution in [0.15, 0.2) is 232 Å². The van der Waals surface area contributed by atoms with Crippen LogP contribution < -0.4 is 0 Å². The Labute approximate surface area is 740 Å². The van der Waals surface area contributed by atoms with Crippen LogP contribution >= 0.6 is 22.7 Å². The molecule has 3 aromatic carbocycles. The Hall–Kier alpha value is -15.3. The van der Waals surface area contributed by atoms with E-state index in [9.17, 15) is 56.9 Å². The lowest BCUT2D eigenvalue weighted by molar-refractivity contribution is 0.0653. The van der Waals surface area contributed by atoms with E-state index in [2.05, 4.69) is 73.2 Å². The molecule has 670 valence electrons. The van der Waals surface area contributed by atoms with Crippen LogP contribution in [0.2, 0.25) is 0 Å². The van der Waals surface area contributed by atoms with Crippen molar-refractivity contribution in [3.63, 3.8) is 0 Å². The standard InChI is InChI=1S/C10H15N.2C8H8O2.3C7H7NO2.C7H8O2S.2C6H6N2O2.2C6H6O3.2C6H6O2S/c1-8-5-6-9(7-11-8)10(2,3)4;1-6-2-4-7(5-3-6)8(9)10;1-6-3-2-4-7(5-6)8(9)10;1-5-4-6(7(9)10)2-3-8-5;1-5-2-3-6(4-8-5)7(9)10;1-5-2-3-6(7(9)10)8-4-5;1-6-2-4-7(5-3-6)10(8)9;1-4-2-5(6(9)10)3-7-8-4;1-4-2-3-5(6(9)10)8-7-4;1-4-2-5(3-9-4)6(7)8;1-4-2-3-5(9-4)6(7)8;1-4-2-5(3-9-4)6(7)8;1-4-2-3-5(9-4)6(7)8/h5-7H,1-4H3;2*2-5H,1H3,(H,9,10);3*2-4H,1H3,(H,9,10);2-5H,1H3,(H,8,9);2*2-3H,1H3,(H,9,10);4*2-3H,1H3,(H,7,8). The van der Waals surface area contributed by atoms with Gasteiger partial charge in [0.25, 0.3) is 0 Å². The van der Waals surface area contributed by atoms with Crippen molar-refractivity contribution in [3.8, 4) is 0 Å². The summed E-state index contributed by atoms with van der Waals surface area (Å²) in [5.41, 5.74) is 11.6. The van der Waals surface area contributed by atoms with Gasteiger partial charge in [0, 0.05) is 57.0 Å². The maximum atomic E-state index is 10.4. The van der Waals surface area contributed by atoms with Crippen molar-refractivity contribution in [2.45, 2.75) is 121 Å². The fraction of sp³-hybridized carbons (Fsp3) is 0.189. The van der Waals surface area contributed by atoms with Gasteiger partial charge in [-0.3, -0.25) is 15.0 Å². The summed E-state index contributed by atoms with van der Waals surface area (Å²) < 4.78 is 28.5. The lowest BCUT2D eigenvalue weighted by Crippen LogP contribution is -2.11. The molecule has 127 heavy (non-hydrogen) atoms. The number of hydrogen-bond acceptors (Lipinski definition) is 24. The van der Waals surface area contributed by atoms with Crippen LogP contribution in [0.4, 0.5) is 0 Å². The van der Waals surface area contributed by atoms with E-state index in [1.54, 1.807) is 137 Å². The van der Waals surface area contributed by atoms with Crippen LogP contribution in [0.3, 0.4) is 0 Å². The molecule has 0 radical (unpaired) electrons. The Morgan fingerprint density at radius 3 is 1.19 bits per heavy atom. The number of nitrogens with zero attached hydrogens (tertiary/aromatic N) is 8. The second-order valence-corrected chi connectivity index (χ2v) is 30.4. The number of aryl methyl sites for hydroxylation is 13. The molecule has 37 heteroatoms. The molecule has 10 aromatic heterocycles. The lowest BCUT2D eigenvalue weighted by Gasteiger charge is -2.17. The second kappa shape index (κ2) is 57.1. The highest BCUT2D eigenvalue weighted by molar-refractivity contribution is 7.79. The molecule has 12 N–H and O–H groups in total. The van der Waals surface area contributed by atoms with E-state index in [1.165, 1.54) is 108 Å². The number of benzene rings is 3. The number of rotatable bonds is 12. The van der Waals surface area contributed by atoms with Crippen molar-refractivity contribution in [3.05, 3.63) is 357 Å². The smallest absolute Gasteiger partial charge is 0.371 e. The normalized spacial score (nSPS) is 9.83. The molecule has 0 saturated heterocycles. The number of furan rings is 2. The zero-order valence-electron chi connectivity index (χ0n) is 71.7. The van der Waals surface area contributed by atoms with Crippen LogP contribution in [0.5, 0.6) is 0 Å². The molecule has 13 rings (SSSR count). The number of aromatic carboxylic acids is 11. The van der Waals surface area contributed by atoms with Crippen LogP contribution in [0.1, 0.15) is 212 Å². The first kappa shape index (κ1) is 110. The highest BCUT2D eigenvalue weighted by Crippen LogP contribution is 2.21. The third-order valence-electron chi connectivity index (χ3n) is 14.9. The molecule has 0 aliphatic rings. The Morgan fingerprint density at radius 1 is 0.346 bits per heavy atom. The fourth-order valence-electron chi connectivity index (χ4n) is 8.22. The van der Waals surface area contributed by atoms with E-state index >= 15 is 0 Å². The molecule has 10 heterocycles. The van der Waals surface area contributed by atoms with Gasteiger partial charge >= 0.3 is 65.7 Å². The summed E-state index contributed by atoms with van der Waals surface area (Å²) in [6, 6.07) is 48.2. The average Bonchev–Trinajstić information content (AvgIpc) is 1.85. The first-order chi connectivity index (χ1) is 59.4. The molecular weight excluding hydrogens is 1710 g/mol. The monoisotopic (exact) mass is 1800 g/mol. The van der Waals surface area contributed by atoms with E-state index in [0.29, 0.717) is 49.4 Å². The van der Waals surface area contributed by atoms with Crippen molar-refractivity contribution in [2.24, 2.45) is 0 Å². The summed E-state index contributed by atoms with van der Waals surface area (Å²) in [6.45, 7) is 30.4. The van der Waals surface area contributed by atoms with Gasteiger partial charge in [0.15, 0.2) is 16.8 Å². The number of carbonyl (C=O) groups is 11. The van der Waals surface area contributed by atoms with Gasteiger partial charge < -0.3 is 69.6 Å². The Balaban J connectivity index is 0.000000688. The third kappa shape index (κ3) is 48.2. The van der Waals surface area contributed by atoms with E-state index < -0.39 is 76.7 Å². The van der Waals surface area contributed by atoms with Crippen molar-refractivity contribution in [2.75, 3.05) is 0 Å². The highest BCUT2D eigenvalue weighted by Gasteiger charge is 2.14. The Bertz CT molecular complexity index is 5060. The number of carboxylic acids is 11. The highest BCUT2D eigenvalue weighted by atomic mass is 32.2. The molecule has 1 unspecified atom stereocenters. The van der Waals surface area contributed by atoms with Crippen LogP contribution in [-0.4, -0.2) is 171 Å². The fourth-order valence-corrected chi connectivity index (χ4v) is 9.97. The van der Waals surface area contributed by atoms with Crippen molar-refractivity contribution in [1.82, 2.24) is 40.3 Å². The minimum Gasteiger partial charge on any atom is -0.478 e. The molecule has 0 aliphatic carbocycles. The molecule has 34 nitrogen and oxygen atoms in total. The minimum absolute atomic E-state index is 0.00694. The van der Waals surface area contributed by atoms with Gasteiger partial charge in [0.05, 0.1) is 61.4 Å². The Morgan fingerprint density at radius 2 is 0.858 bits per heavy atom. The molecule has 0 bridgehead atoms. The quantitative estimate of drug-likeness (QED) is 0.0505. The summed E-state index contributed by atoms with van der Waals surface area (Å²) in [5.74, 6) is -9.04. The van der Waals surface area contributed by atoms with Gasteiger partial charge in [-0.1, -0.05) is 86.0 Å². The van der Waals surface area contributed by atoms with Gasteiger partial charge in [-0.05, 0) is 234 Å². The van der Waals surface area contributed by atoms with Crippen molar-refractivity contribution < 1.29 is 127 Å². The SMILES string of the molecule is Cc1cc(C(=O)O)ccn1.Cc1cc(C(=O)O)cnn1.Cc1cc(C(=O)O)co1.Cc1cc(C(=O)O)cs1.Cc1ccc(C(=O)O)cc1.Cc1ccc(C(=O)O)cn1.Cc1ccc(C(=O)O)nc1.Cc1ccc(C(=O)O)nn1.Cc1ccc(C(=O)O)o1.Cc1ccc(C(=O)O)s1.Cc1ccc(C(C)(C)C)cn1.Cc1ccc(S(=O)O)cc1.Cc1cccc(C(=O)O)c1. The maximum Gasteiger partial charge on any atom is 0.371 e. The molecular formula is C90H96N8O26S3. The average molecular weight is 1800 g/mol. The van der Waals surface area contributed by atoms with E-state index in [4.69, 9.17) is 69.6 Å². The second-order valence-electron chi connectivity index (χ2n) is 27.0. The van der Waals surface area contributed by atoms with Gasteiger partial charge in [0.2, 0.25) is 5.76 Å². The number of hydrogen-bond donors (Lipinski definition) is 12. The largest absolute Gasteiger partial charge is 0.478 e. The van der Waals surface area contributed by atoms with Crippen LogP contribution in [0, 0.1) is 90.0 Å². The topological polar surface area (TPSA) is 577 Å². The first-order valence-corrected chi connectivity index (χ1v) is 39.6. The molecule has 13 aromatic rings. The summed E-state index contributed by atoms with van der Waals surface area (Å²) in [6.07, 6.45) is 8.75. The lowest BCUT2D eigenvalue weighted by atomic mass is 9.88. The summed E-state index contributed by atoms with van der Waals surface area (Å²) in [4.78, 5) is 131. The predicted octanol–water partition coefficient (Wildman–Crippen LogP) is 18.0. The zero-order valence-corrected chi connectivity index (χ0v) is 74.1. The summed E-state index contributed by atoms with van der Waals surface area (Å²) >= 11 is 0.911. The zero-order chi connectivity index (χ0) is 96.4. The number of pyridine rings is 4. The molecule has 0 fully saturated rings. The molecule has 0 spiro atoms. The summed E-state index contributed by atoms with van der Waals surface area (Å²) in [5, 5.41) is 108. The third-order valence-corrected chi connectivity index (χ3v) is 17.4. The van der Waals surface area contributed by atoms with Crippen molar-refractivity contribution >= 4 is 99.4 Å². The first-order valence-electron chi connectivity index (χ1n) is 36.8. The number of aromatic nitrogens is 8. The minimum atomic E-state index is -1.84. The predicted molar refractivity (Wildman–Crippen MR) is 472 cm³/mol. The number of carboxylic acid groups (broad SMARTS) is 11. The van der Waals surface area contributed by atoms with E-state index in [1.807, 2.05) is 79.8 Å². The van der Waals surface area contributed by atoms with Gasteiger partial charge in [-0.25, -0.2) is 61.9 Å². The van der Waals surface area contributed by atoms with Crippen LogP contribution in [0.25, 0.3) is 0 Å². The number of thiophene rings is 2. The van der Waals surface area contributed by atoms with Gasteiger partial charge in [0.1, 0.15) is 28.4 Å². The molecule has 1 atom stereocenters. The maximum absolute atomic E-state index is 10.4. The van der Waals surface area contributed by atoms with E-state index in [-0.39, 0.29) is 44.8 Å². The van der Waals surface area contributed by atoms with Crippen LogP contribution in [-0.2, 0) is 16.5 Å².